The topological polar surface area (TPSA) is 37.4 Å². The molecule has 0 spiro atoms. The average molecular weight is 632 g/mol. The van der Waals surface area contributed by atoms with Crippen LogP contribution in [0.1, 0.15) is 44.4 Å². The molecule has 0 atom stereocenters. The Hall–Kier alpha value is -5.11. The van der Waals surface area contributed by atoms with Gasteiger partial charge in [-0.3, -0.25) is 9.59 Å². The van der Waals surface area contributed by atoms with E-state index in [0.29, 0.717) is 5.57 Å². The Morgan fingerprint density at radius 3 is 1.72 bits per heavy atom. The molecule has 4 heteroatoms. The molecule has 1 amide bonds. The molecule has 0 heterocycles. The molecule has 2 aliphatic carbocycles. The molecule has 0 fully saturated rings. The first kappa shape index (κ1) is 30.5. The highest BCUT2D eigenvalue weighted by Crippen LogP contribution is 2.65. The third kappa shape index (κ3) is 4.94. The molecule has 47 heavy (non-hydrogen) atoms. The second-order valence-corrected chi connectivity index (χ2v) is 16.0. The second-order valence-electron chi connectivity index (χ2n) is 12.5. The predicted molar refractivity (Wildman–Crippen MR) is 196 cm³/mol. The minimum absolute atomic E-state index is 0.168. The van der Waals surface area contributed by atoms with E-state index >= 15 is 0 Å². The lowest BCUT2D eigenvalue weighted by atomic mass is 9.95. The number of hydrogen-bond acceptors (Lipinski definition) is 2. The van der Waals surface area contributed by atoms with E-state index in [4.69, 9.17) is 0 Å². The fourth-order valence-electron chi connectivity index (χ4n) is 7.03. The first-order chi connectivity index (χ1) is 22.8. The van der Waals surface area contributed by atoms with Crippen LogP contribution in [0.5, 0.6) is 0 Å². The van der Waals surface area contributed by atoms with Crippen molar-refractivity contribution in [2.24, 2.45) is 0 Å². The molecule has 232 valence electrons. The van der Waals surface area contributed by atoms with E-state index in [1.807, 2.05) is 74.5 Å². The van der Waals surface area contributed by atoms with Crippen LogP contribution >= 0.6 is 10.0 Å². The van der Waals surface area contributed by atoms with Gasteiger partial charge in [-0.2, -0.15) is 0 Å². The summed E-state index contributed by atoms with van der Waals surface area (Å²) in [5.74, 6) is 3.00. The van der Waals surface area contributed by atoms with Crippen molar-refractivity contribution in [3.8, 4) is 11.2 Å². The van der Waals surface area contributed by atoms with E-state index in [-0.39, 0.29) is 35.1 Å². The summed E-state index contributed by atoms with van der Waals surface area (Å²) >= 11 is 0. The highest BCUT2D eigenvalue weighted by molar-refractivity contribution is 8.38. The van der Waals surface area contributed by atoms with Gasteiger partial charge in [0.05, 0.1) is 12.1 Å². The molecule has 0 N–H and O–H groups in total. The molecule has 3 nitrogen and oxygen atoms in total. The lowest BCUT2D eigenvalue weighted by Gasteiger charge is -2.39. The van der Waals surface area contributed by atoms with Crippen molar-refractivity contribution in [1.82, 2.24) is 4.90 Å². The Bertz CT molecular complexity index is 2100. The Kier molecular flexibility index (Phi) is 7.96. The Labute approximate surface area is 279 Å². The van der Waals surface area contributed by atoms with Crippen molar-refractivity contribution in [1.29, 1.82) is 0 Å². The van der Waals surface area contributed by atoms with Crippen molar-refractivity contribution in [2.45, 2.75) is 48.8 Å². The van der Waals surface area contributed by atoms with Gasteiger partial charge in [0.25, 0.3) is 5.91 Å². The molecule has 0 radical (unpaired) electrons. The van der Waals surface area contributed by atoms with Crippen molar-refractivity contribution in [2.75, 3.05) is 6.54 Å². The maximum atomic E-state index is 14.8. The van der Waals surface area contributed by atoms with Gasteiger partial charge in [0, 0.05) is 37.8 Å². The second kappa shape index (κ2) is 12.2. The van der Waals surface area contributed by atoms with Gasteiger partial charge in [0.1, 0.15) is 0 Å². The number of hydrogen-bond donors (Lipinski definition) is 0. The first-order valence-corrected chi connectivity index (χ1v) is 17.9. The average Bonchev–Trinajstić information content (AvgIpc) is 3.58. The molecule has 0 aliphatic heterocycles. The summed E-state index contributed by atoms with van der Waals surface area (Å²) < 4.78 is 0. The summed E-state index contributed by atoms with van der Waals surface area (Å²) in [5.41, 5.74) is 5.23. The molecule has 0 saturated carbocycles. The van der Waals surface area contributed by atoms with E-state index < -0.39 is 10.0 Å². The van der Waals surface area contributed by atoms with Crippen LogP contribution in [0, 0.1) is 11.2 Å². The molecule has 0 saturated heterocycles. The monoisotopic (exact) mass is 631 g/mol. The zero-order chi connectivity index (χ0) is 32.7. The highest BCUT2D eigenvalue weighted by atomic mass is 32.3. The van der Waals surface area contributed by atoms with E-state index in [0.717, 1.165) is 38.6 Å². The van der Waals surface area contributed by atoms with Crippen LogP contribution in [0.3, 0.4) is 0 Å². The molecule has 0 aromatic heterocycles. The van der Waals surface area contributed by atoms with Gasteiger partial charge in [-0.25, -0.2) is 0 Å². The molecule has 0 bridgehead atoms. The Balaban J connectivity index is 1.34. The van der Waals surface area contributed by atoms with E-state index in [1.165, 1.54) is 9.79 Å². The summed E-state index contributed by atoms with van der Waals surface area (Å²) in [5, 5.41) is 6.18. The van der Waals surface area contributed by atoms with Crippen LogP contribution in [0.25, 0.3) is 27.5 Å². The third-order valence-corrected chi connectivity index (χ3v) is 13.1. The largest absolute Gasteiger partial charge is 0.325 e. The van der Waals surface area contributed by atoms with E-state index in [2.05, 4.69) is 91.8 Å². The van der Waals surface area contributed by atoms with Gasteiger partial charge >= 0.3 is 0 Å². The number of rotatable bonds is 7. The number of nitrogens with zero attached hydrogens (tertiary/aromatic N) is 1. The SMILES string of the molecule is CC(C)N(CC#CS(c1ccccc1)(c1ccccc1)C(C)C)C(=O)C1=C2C(=C(c3ccccc3)C1=O)c1cccc3cccc2c13. The normalized spacial score (nSPS) is 14.1. The summed E-state index contributed by atoms with van der Waals surface area (Å²) in [6, 6.07) is 43.0. The summed E-state index contributed by atoms with van der Waals surface area (Å²) in [7, 11) is -1.76. The highest BCUT2D eigenvalue weighted by Gasteiger charge is 2.43. The fraction of sp³-hybridized carbons (Fsp3) is 0.163. The maximum Gasteiger partial charge on any atom is 0.259 e. The molecule has 5 aromatic rings. The zero-order valence-electron chi connectivity index (χ0n) is 27.2. The number of ketones is 1. The Morgan fingerprint density at radius 1 is 0.660 bits per heavy atom. The van der Waals surface area contributed by atoms with Gasteiger partial charge in [0.15, 0.2) is 5.78 Å². The van der Waals surface area contributed by atoms with Crippen LogP contribution in [0.4, 0.5) is 0 Å². The molecule has 7 rings (SSSR count). The van der Waals surface area contributed by atoms with Crippen LogP contribution < -0.4 is 0 Å². The number of carbonyl (C=O) groups excluding carboxylic acids is 2. The number of carbonyl (C=O) groups is 2. The zero-order valence-corrected chi connectivity index (χ0v) is 28.0. The van der Waals surface area contributed by atoms with Crippen LogP contribution in [0.15, 0.2) is 143 Å². The first-order valence-electron chi connectivity index (χ1n) is 16.2. The number of allylic oxidation sites excluding steroid dienone is 3. The molecule has 5 aromatic carbocycles. The van der Waals surface area contributed by atoms with Crippen molar-refractivity contribution in [3.05, 3.63) is 150 Å². The minimum atomic E-state index is -1.76. The predicted octanol–water partition coefficient (Wildman–Crippen LogP) is 9.63. The van der Waals surface area contributed by atoms with Gasteiger partial charge in [-0.05, 0) is 70.8 Å². The van der Waals surface area contributed by atoms with Crippen LogP contribution in [0.2, 0.25) is 0 Å². The van der Waals surface area contributed by atoms with E-state index in [9.17, 15) is 9.59 Å². The molecular formula is C43H37NO2S. The quantitative estimate of drug-likeness (QED) is 0.133. The lowest BCUT2D eigenvalue weighted by molar-refractivity contribution is -0.129. The van der Waals surface area contributed by atoms with Gasteiger partial charge < -0.3 is 4.90 Å². The summed E-state index contributed by atoms with van der Waals surface area (Å²) in [6.45, 7) is 8.68. The maximum absolute atomic E-state index is 14.8. The smallest absolute Gasteiger partial charge is 0.259 e. The van der Waals surface area contributed by atoms with Crippen LogP contribution in [-0.4, -0.2) is 34.4 Å². The molecule has 2 aliphatic rings. The van der Waals surface area contributed by atoms with Crippen molar-refractivity contribution >= 4 is 49.2 Å². The van der Waals surface area contributed by atoms with Crippen LogP contribution in [-0.2, 0) is 9.59 Å². The lowest BCUT2D eigenvalue weighted by Crippen LogP contribution is -2.39. The molecular weight excluding hydrogens is 595 g/mol. The number of amides is 1. The standard InChI is InChI=1S/C43H37NO2S/c1-29(2)44(27-16-28-47(30(3)4,33-21-10-6-11-22-33)34-23-12-7-13-24-34)43(46)41-40-36-26-15-20-31-19-14-25-35(37(31)36)39(40)38(42(41)45)32-17-8-5-9-18-32/h5-15,17-26,29-30H,27H2,1-4H3. The number of Topliss-reactive ketones (excluding diaryl/α,β-unsaturated/α-hetero) is 1. The number of fused-ring (bicyclic) bond motifs is 3. The van der Waals surface area contributed by atoms with Gasteiger partial charge in [-0.1, -0.05) is 123 Å². The van der Waals surface area contributed by atoms with Gasteiger partial charge in [0.2, 0.25) is 0 Å². The summed E-state index contributed by atoms with van der Waals surface area (Å²) in [6.07, 6.45) is 0. The summed E-state index contributed by atoms with van der Waals surface area (Å²) in [4.78, 5) is 33.5. The van der Waals surface area contributed by atoms with E-state index in [1.54, 1.807) is 4.90 Å². The van der Waals surface area contributed by atoms with Crippen molar-refractivity contribution in [3.63, 3.8) is 0 Å². The molecule has 0 unspecified atom stereocenters. The number of benzene rings is 5. The van der Waals surface area contributed by atoms with Gasteiger partial charge in [-0.15, -0.1) is 10.0 Å². The third-order valence-electron chi connectivity index (χ3n) is 9.23. The fourth-order valence-corrected chi connectivity index (χ4v) is 10.3. The minimum Gasteiger partial charge on any atom is -0.325 e. The van der Waals surface area contributed by atoms with Crippen molar-refractivity contribution < 1.29 is 9.59 Å². The Morgan fingerprint density at radius 2 is 1.19 bits per heavy atom.